The molecule has 2 unspecified atom stereocenters. The molecule has 2 rings (SSSR count). The molecule has 1 aliphatic heterocycles. The molecule has 0 saturated carbocycles. The van der Waals surface area contributed by atoms with E-state index in [-0.39, 0.29) is 48.4 Å². The van der Waals surface area contributed by atoms with Gasteiger partial charge >= 0.3 is 6.18 Å². The third kappa shape index (κ3) is 5.00. The predicted molar refractivity (Wildman–Crippen MR) is 81.7 cm³/mol. The summed E-state index contributed by atoms with van der Waals surface area (Å²) in [5.41, 5.74) is -0.810. The first-order valence-corrected chi connectivity index (χ1v) is 6.36. The zero-order valence-electron chi connectivity index (χ0n) is 12.1. The van der Waals surface area contributed by atoms with Crippen molar-refractivity contribution in [3.63, 3.8) is 0 Å². The lowest BCUT2D eigenvalue weighted by molar-refractivity contribution is -0.141. The van der Waals surface area contributed by atoms with Gasteiger partial charge in [-0.2, -0.15) is 13.2 Å². The van der Waals surface area contributed by atoms with Crippen LogP contribution in [0.5, 0.6) is 0 Å². The third-order valence-electron chi connectivity index (χ3n) is 3.15. The number of nitrogens with one attached hydrogen (secondary N) is 1. The molecule has 1 aliphatic rings. The number of alkyl halides is 3. The molecule has 2 heterocycles. The third-order valence-corrected chi connectivity index (χ3v) is 3.15. The van der Waals surface area contributed by atoms with E-state index in [1.807, 2.05) is 13.8 Å². The first-order chi connectivity index (χ1) is 9.27. The van der Waals surface area contributed by atoms with Crippen LogP contribution in [0.1, 0.15) is 29.9 Å². The van der Waals surface area contributed by atoms with Crippen molar-refractivity contribution in [1.82, 2.24) is 15.2 Å². The molecule has 22 heavy (non-hydrogen) atoms. The molecule has 1 N–H and O–H groups in total. The van der Waals surface area contributed by atoms with E-state index in [1.54, 1.807) is 4.90 Å². The van der Waals surface area contributed by atoms with E-state index in [2.05, 4.69) is 10.3 Å². The van der Waals surface area contributed by atoms with Crippen molar-refractivity contribution < 1.29 is 18.0 Å². The van der Waals surface area contributed by atoms with Gasteiger partial charge in [-0.05, 0) is 26.0 Å². The first kappa shape index (κ1) is 20.9. The maximum atomic E-state index is 12.4. The smallest absolute Gasteiger partial charge is 0.335 e. The first-order valence-electron chi connectivity index (χ1n) is 6.36. The van der Waals surface area contributed by atoms with E-state index >= 15 is 0 Å². The van der Waals surface area contributed by atoms with Crippen LogP contribution in [-0.4, -0.2) is 41.0 Å². The van der Waals surface area contributed by atoms with E-state index in [1.165, 1.54) is 6.07 Å². The van der Waals surface area contributed by atoms with E-state index in [4.69, 9.17) is 0 Å². The zero-order chi connectivity index (χ0) is 14.9. The Morgan fingerprint density at radius 3 is 2.18 bits per heavy atom. The molecule has 1 fully saturated rings. The van der Waals surface area contributed by atoms with Crippen LogP contribution >= 0.6 is 24.8 Å². The van der Waals surface area contributed by atoms with Gasteiger partial charge in [0.05, 0.1) is 5.56 Å². The number of halogens is 5. The van der Waals surface area contributed by atoms with E-state index < -0.39 is 11.9 Å². The van der Waals surface area contributed by atoms with Crippen LogP contribution in [0.4, 0.5) is 13.2 Å². The summed E-state index contributed by atoms with van der Waals surface area (Å²) in [6.07, 6.45) is -3.50. The molecule has 0 spiro atoms. The molecule has 0 aromatic carbocycles. The number of hydrogen-bond donors (Lipinski definition) is 1. The Hall–Kier alpha value is -1.05. The molecule has 2 atom stereocenters. The van der Waals surface area contributed by atoms with Crippen LogP contribution in [0.3, 0.4) is 0 Å². The summed E-state index contributed by atoms with van der Waals surface area (Å²) in [6.45, 7) is 4.98. The number of piperazine rings is 1. The molecular formula is C13H18Cl2F3N3O. The number of carbonyl (C=O) groups is 1. The molecule has 1 amide bonds. The van der Waals surface area contributed by atoms with Gasteiger partial charge < -0.3 is 10.2 Å². The quantitative estimate of drug-likeness (QED) is 0.838. The molecule has 9 heteroatoms. The lowest BCUT2D eigenvalue weighted by Gasteiger charge is -2.36. The minimum Gasteiger partial charge on any atom is -0.335 e. The van der Waals surface area contributed by atoms with Crippen molar-refractivity contribution in [2.45, 2.75) is 32.1 Å². The van der Waals surface area contributed by atoms with Gasteiger partial charge in [-0.15, -0.1) is 24.8 Å². The average Bonchev–Trinajstić information content (AvgIpc) is 2.36. The highest BCUT2D eigenvalue weighted by Crippen LogP contribution is 2.27. The van der Waals surface area contributed by atoms with Crippen molar-refractivity contribution >= 4 is 30.7 Å². The maximum absolute atomic E-state index is 12.4. The molecule has 1 aromatic heterocycles. The van der Waals surface area contributed by atoms with Crippen molar-refractivity contribution in [2.24, 2.45) is 0 Å². The average molecular weight is 360 g/mol. The molecule has 1 aromatic rings. The Bertz CT molecular complexity index is 486. The molecular weight excluding hydrogens is 342 g/mol. The van der Waals surface area contributed by atoms with E-state index in [9.17, 15) is 18.0 Å². The number of carbonyl (C=O) groups excluding carboxylic acids is 1. The molecule has 0 aliphatic carbocycles. The maximum Gasteiger partial charge on any atom is 0.433 e. The number of rotatable bonds is 1. The second-order valence-electron chi connectivity index (χ2n) is 5.11. The highest BCUT2D eigenvalue weighted by molar-refractivity contribution is 5.94. The SMILES string of the molecule is CC1CN(C(=O)c2ccc(C(F)(F)F)nc2)CC(C)N1.Cl.Cl. The largest absolute Gasteiger partial charge is 0.433 e. The predicted octanol–water partition coefficient (Wildman–Crippen LogP) is 2.77. The van der Waals surface area contributed by atoms with Crippen molar-refractivity contribution in [3.8, 4) is 0 Å². The lowest BCUT2D eigenvalue weighted by atomic mass is 10.1. The standard InChI is InChI=1S/C13H16F3N3O.2ClH/c1-8-6-19(7-9(2)18-8)12(20)10-3-4-11(17-5-10)13(14,15)16;;/h3-5,8-9,18H,6-7H2,1-2H3;2*1H. The van der Waals surface area contributed by atoms with Gasteiger partial charge in [0.2, 0.25) is 0 Å². The Balaban J connectivity index is 0.00000220. The summed E-state index contributed by atoms with van der Waals surface area (Å²) in [5.74, 6) is -0.286. The molecule has 0 radical (unpaired) electrons. The normalized spacial score (nSPS) is 21.6. The van der Waals surface area contributed by atoms with E-state index in [0.717, 1.165) is 12.3 Å². The second kappa shape index (κ2) is 7.99. The number of hydrogen-bond acceptors (Lipinski definition) is 3. The van der Waals surface area contributed by atoms with Crippen LogP contribution in [0.2, 0.25) is 0 Å². The summed E-state index contributed by atoms with van der Waals surface area (Å²) in [4.78, 5) is 17.2. The van der Waals surface area contributed by atoms with Crippen molar-refractivity contribution in [3.05, 3.63) is 29.6 Å². The number of aromatic nitrogens is 1. The van der Waals surface area contributed by atoms with Gasteiger partial charge in [-0.25, -0.2) is 0 Å². The Kier molecular flexibility index (Phi) is 7.61. The van der Waals surface area contributed by atoms with Crippen molar-refractivity contribution in [1.29, 1.82) is 0 Å². The Labute approximate surface area is 139 Å². The fraction of sp³-hybridized carbons (Fsp3) is 0.538. The van der Waals surface area contributed by atoms with Gasteiger partial charge in [-0.3, -0.25) is 9.78 Å². The van der Waals surface area contributed by atoms with Crippen LogP contribution in [0.15, 0.2) is 18.3 Å². The topological polar surface area (TPSA) is 45.2 Å². The van der Waals surface area contributed by atoms with Crippen LogP contribution in [-0.2, 0) is 6.18 Å². The highest BCUT2D eigenvalue weighted by Gasteiger charge is 2.33. The zero-order valence-corrected chi connectivity index (χ0v) is 13.7. The van der Waals surface area contributed by atoms with Crippen molar-refractivity contribution in [2.75, 3.05) is 13.1 Å². The van der Waals surface area contributed by atoms with Crippen LogP contribution < -0.4 is 5.32 Å². The number of nitrogens with zero attached hydrogens (tertiary/aromatic N) is 2. The molecule has 1 saturated heterocycles. The van der Waals surface area contributed by atoms with Gasteiger partial charge in [0.1, 0.15) is 5.69 Å². The van der Waals surface area contributed by atoms with Gasteiger partial charge in [0, 0.05) is 31.4 Å². The highest BCUT2D eigenvalue weighted by atomic mass is 35.5. The van der Waals surface area contributed by atoms with Gasteiger partial charge in [0.15, 0.2) is 0 Å². The van der Waals surface area contributed by atoms with E-state index in [0.29, 0.717) is 13.1 Å². The second-order valence-corrected chi connectivity index (χ2v) is 5.11. The van der Waals surface area contributed by atoms with Gasteiger partial charge in [-0.1, -0.05) is 0 Å². The Morgan fingerprint density at radius 1 is 1.23 bits per heavy atom. The summed E-state index contributed by atoms with van der Waals surface area (Å²) in [7, 11) is 0. The fourth-order valence-electron chi connectivity index (χ4n) is 2.36. The summed E-state index contributed by atoms with van der Waals surface area (Å²) in [6, 6.07) is 2.33. The summed E-state index contributed by atoms with van der Waals surface area (Å²) >= 11 is 0. The molecule has 126 valence electrons. The van der Waals surface area contributed by atoms with Crippen LogP contribution in [0, 0.1) is 0 Å². The number of pyridine rings is 1. The molecule has 0 bridgehead atoms. The lowest BCUT2D eigenvalue weighted by Crippen LogP contribution is -2.55. The summed E-state index contributed by atoms with van der Waals surface area (Å²) in [5, 5.41) is 3.29. The Morgan fingerprint density at radius 2 is 1.77 bits per heavy atom. The monoisotopic (exact) mass is 359 g/mol. The van der Waals surface area contributed by atoms with Gasteiger partial charge in [0.25, 0.3) is 5.91 Å². The minimum absolute atomic E-state index is 0. The number of amides is 1. The fourth-order valence-corrected chi connectivity index (χ4v) is 2.36. The molecule has 4 nitrogen and oxygen atoms in total. The summed E-state index contributed by atoms with van der Waals surface area (Å²) < 4.78 is 37.2. The van der Waals surface area contributed by atoms with Crippen LogP contribution in [0.25, 0.3) is 0 Å². The minimum atomic E-state index is -4.49.